The Kier molecular flexibility index (Phi) is 4.04. The van der Waals surface area contributed by atoms with Crippen LogP contribution in [0.15, 0.2) is 42.9 Å². The SMILES string of the molecule is CN(C)c1cc([C@@H]2CCCN(c3ccncc3)C2)ccn1. The van der Waals surface area contributed by atoms with Crippen LogP contribution < -0.4 is 9.80 Å². The number of anilines is 2. The maximum absolute atomic E-state index is 4.41. The molecule has 3 heterocycles. The van der Waals surface area contributed by atoms with Crippen LogP contribution in [0, 0.1) is 0 Å². The monoisotopic (exact) mass is 282 g/mol. The average molecular weight is 282 g/mol. The Morgan fingerprint density at radius 2 is 1.95 bits per heavy atom. The highest BCUT2D eigenvalue weighted by atomic mass is 15.1. The van der Waals surface area contributed by atoms with Crippen LogP contribution in [0.5, 0.6) is 0 Å². The quantitative estimate of drug-likeness (QED) is 0.866. The molecule has 0 N–H and O–H groups in total. The van der Waals surface area contributed by atoms with Crippen molar-refractivity contribution in [1.29, 1.82) is 0 Å². The Morgan fingerprint density at radius 1 is 1.14 bits per heavy atom. The van der Waals surface area contributed by atoms with Gasteiger partial charge in [0, 0.05) is 57.4 Å². The average Bonchev–Trinajstić information content (AvgIpc) is 2.56. The van der Waals surface area contributed by atoms with Gasteiger partial charge in [-0.2, -0.15) is 0 Å². The summed E-state index contributed by atoms with van der Waals surface area (Å²) in [4.78, 5) is 13.0. The van der Waals surface area contributed by atoms with Crippen LogP contribution in [0.3, 0.4) is 0 Å². The molecule has 2 aromatic heterocycles. The first-order chi connectivity index (χ1) is 10.2. The molecular formula is C17H22N4. The van der Waals surface area contributed by atoms with E-state index in [-0.39, 0.29) is 0 Å². The highest BCUT2D eigenvalue weighted by molar-refractivity contribution is 5.47. The number of hydrogen-bond donors (Lipinski definition) is 0. The summed E-state index contributed by atoms with van der Waals surface area (Å²) in [5.41, 5.74) is 2.67. The zero-order valence-corrected chi connectivity index (χ0v) is 12.7. The zero-order chi connectivity index (χ0) is 14.7. The van der Waals surface area contributed by atoms with E-state index in [1.165, 1.54) is 24.1 Å². The topological polar surface area (TPSA) is 32.3 Å². The van der Waals surface area contributed by atoms with Gasteiger partial charge in [0.15, 0.2) is 0 Å². The summed E-state index contributed by atoms with van der Waals surface area (Å²) >= 11 is 0. The third-order valence-corrected chi connectivity index (χ3v) is 4.15. The number of rotatable bonds is 3. The van der Waals surface area contributed by atoms with Crippen LogP contribution in [0.1, 0.15) is 24.3 Å². The van der Waals surface area contributed by atoms with Gasteiger partial charge in [-0.15, -0.1) is 0 Å². The summed E-state index contributed by atoms with van der Waals surface area (Å²) in [6.07, 6.45) is 8.15. The molecule has 0 saturated carbocycles. The van der Waals surface area contributed by atoms with Gasteiger partial charge in [0.05, 0.1) is 0 Å². The van der Waals surface area contributed by atoms with Crippen molar-refractivity contribution >= 4 is 11.5 Å². The number of hydrogen-bond acceptors (Lipinski definition) is 4. The van der Waals surface area contributed by atoms with Crippen LogP contribution >= 0.6 is 0 Å². The Morgan fingerprint density at radius 3 is 2.71 bits per heavy atom. The Labute approximate surface area is 126 Å². The molecule has 0 spiro atoms. The standard InChI is InChI=1S/C17H22N4/c1-20(2)17-12-14(5-10-19-17)15-4-3-11-21(13-15)16-6-8-18-9-7-16/h5-10,12,15H,3-4,11,13H2,1-2H3/t15-/m1/s1. The maximum atomic E-state index is 4.41. The lowest BCUT2D eigenvalue weighted by Crippen LogP contribution is -2.34. The van der Waals surface area contributed by atoms with E-state index in [2.05, 4.69) is 44.0 Å². The van der Waals surface area contributed by atoms with Crippen LogP contribution in [0.4, 0.5) is 11.5 Å². The third kappa shape index (κ3) is 3.15. The molecule has 4 nitrogen and oxygen atoms in total. The van der Waals surface area contributed by atoms with Crippen molar-refractivity contribution in [3.63, 3.8) is 0 Å². The minimum Gasteiger partial charge on any atom is -0.371 e. The largest absolute Gasteiger partial charge is 0.371 e. The smallest absolute Gasteiger partial charge is 0.128 e. The van der Waals surface area contributed by atoms with Gasteiger partial charge in [-0.05, 0) is 42.7 Å². The lowest BCUT2D eigenvalue weighted by molar-refractivity contribution is 0.510. The third-order valence-electron chi connectivity index (χ3n) is 4.15. The lowest BCUT2D eigenvalue weighted by atomic mass is 9.91. The second kappa shape index (κ2) is 6.12. The van der Waals surface area contributed by atoms with E-state index in [1.54, 1.807) is 0 Å². The van der Waals surface area contributed by atoms with Crippen molar-refractivity contribution in [3.8, 4) is 0 Å². The fraction of sp³-hybridized carbons (Fsp3) is 0.412. The predicted octanol–water partition coefficient (Wildman–Crippen LogP) is 2.93. The van der Waals surface area contributed by atoms with Crippen molar-refractivity contribution in [1.82, 2.24) is 9.97 Å². The first-order valence-electron chi connectivity index (χ1n) is 7.52. The molecule has 21 heavy (non-hydrogen) atoms. The summed E-state index contributed by atoms with van der Waals surface area (Å²) in [6.45, 7) is 2.20. The molecule has 3 rings (SSSR count). The summed E-state index contributed by atoms with van der Waals surface area (Å²) in [5.74, 6) is 1.61. The molecule has 1 fully saturated rings. The number of aromatic nitrogens is 2. The molecule has 1 saturated heterocycles. The molecule has 1 aliphatic heterocycles. The molecule has 110 valence electrons. The van der Waals surface area contributed by atoms with Crippen molar-refractivity contribution in [2.75, 3.05) is 37.0 Å². The second-order valence-electron chi connectivity index (χ2n) is 5.83. The molecule has 1 atom stereocenters. The summed E-state index contributed by atoms with van der Waals surface area (Å²) in [7, 11) is 4.08. The molecule has 2 aromatic rings. The van der Waals surface area contributed by atoms with E-state index >= 15 is 0 Å². The van der Waals surface area contributed by atoms with Gasteiger partial charge in [0.25, 0.3) is 0 Å². The van der Waals surface area contributed by atoms with Crippen molar-refractivity contribution in [3.05, 3.63) is 48.4 Å². The Bertz CT molecular complexity index is 582. The normalized spacial score (nSPS) is 18.6. The van der Waals surface area contributed by atoms with Gasteiger partial charge < -0.3 is 9.80 Å². The van der Waals surface area contributed by atoms with Gasteiger partial charge in [0.2, 0.25) is 0 Å². The zero-order valence-electron chi connectivity index (χ0n) is 12.7. The first-order valence-corrected chi connectivity index (χ1v) is 7.52. The molecule has 0 bridgehead atoms. The number of pyridine rings is 2. The molecule has 0 aromatic carbocycles. The van der Waals surface area contributed by atoms with Crippen molar-refractivity contribution < 1.29 is 0 Å². The summed E-state index contributed by atoms with van der Waals surface area (Å²) < 4.78 is 0. The second-order valence-corrected chi connectivity index (χ2v) is 5.83. The first kappa shape index (κ1) is 13.9. The molecule has 4 heteroatoms. The Hall–Kier alpha value is -2.10. The van der Waals surface area contributed by atoms with Gasteiger partial charge in [0.1, 0.15) is 5.82 Å². The Balaban J connectivity index is 1.78. The van der Waals surface area contributed by atoms with E-state index in [0.717, 1.165) is 18.9 Å². The fourth-order valence-corrected chi connectivity index (χ4v) is 2.97. The highest BCUT2D eigenvalue weighted by Crippen LogP contribution is 2.30. The van der Waals surface area contributed by atoms with E-state index in [9.17, 15) is 0 Å². The fourth-order valence-electron chi connectivity index (χ4n) is 2.97. The predicted molar refractivity (Wildman–Crippen MR) is 87.0 cm³/mol. The van der Waals surface area contributed by atoms with Crippen LogP contribution in [0.2, 0.25) is 0 Å². The van der Waals surface area contributed by atoms with Gasteiger partial charge in [-0.3, -0.25) is 4.98 Å². The highest BCUT2D eigenvalue weighted by Gasteiger charge is 2.22. The summed E-state index contributed by atoms with van der Waals surface area (Å²) in [5, 5.41) is 0. The van der Waals surface area contributed by atoms with E-state index in [0.29, 0.717) is 5.92 Å². The molecule has 1 aliphatic rings. The molecule has 0 aliphatic carbocycles. The number of nitrogens with zero attached hydrogens (tertiary/aromatic N) is 4. The van der Waals surface area contributed by atoms with Crippen LogP contribution in [0.25, 0.3) is 0 Å². The van der Waals surface area contributed by atoms with Crippen molar-refractivity contribution in [2.45, 2.75) is 18.8 Å². The minimum atomic E-state index is 0.577. The summed E-state index contributed by atoms with van der Waals surface area (Å²) in [6, 6.07) is 8.58. The molecule has 0 amide bonds. The van der Waals surface area contributed by atoms with Gasteiger partial charge in [-0.1, -0.05) is 0 Å². The maximum Gasteiger partial charge on any atom is 0.128 e. The molecule has 0 unspecified atom stereocenters. The molecular weight excluding hydrogens is 260 g/mol. The van der Waals surface area contributed by atoms with Crippen LogP contribution in [-0.2, 0) is 0 Å². The lowest BCUT2D eigenvalue weighted by Gasteiger charge is -2.34. The van der Waals surface area contributed by atoms with E-state index in [4.69, 9.17) is 0 Å². The molecule has 0 radical (unpaired) electrons. The van der Waals surface area contributed by atoms with E-state index < -0.39 is 0 Å². The van der Waals surface area contributed by atoms with Crippen LogP contribution in [-0.4, -0.2) is 37.2 Å². The van der Waals surface area contributed by atoms with Gasteiger partial charge in [-0.25, -0.2) is 4.98 Å². The van der Waals surface area contributed by atoms with Crippen molar-refractivity contribution in [2.24, 2.45) is 0 Å². The number of piperidine rings is 1. The van der Waals surface area contributed by atoms with Gasteiger partial charge >= 0.3 is 0 Å². The minimum absolute atomic E-state index is 0.577. The van der Waals surface area contributed by atoms with E-state index in [1.807, 2.05) is 32.7 Å².